The highest BCUT2D eigenvalue weighted by Gasteiger charge is 2.28. The van der Waals surface area contributed by atoms with E-state index in [2.05, 4.69) is 0 Å². The Hall–Kier alpha value is -1.44. The lowest BCUT2D eigenvalue weighted by atomic mass is 10.1. The van der Waals surface area contributed by atoms with Crippen LogP contribution in [-0.4, -0.2) is 28.4 Å². The van der Waals surface area contributed by atoms with Crippen LogP contribution in [-0.2, 0) is 11.3 Å². The third kappa shape index (κ3) is 4.80. The zero-order valence-corrected chi connectivity index (χ0v) is 12.7. The van der Waals surface area contributed by atoms with Crippen molar-refractivity contribution in [1.82, 2.24) is 4.57 Å². The van der Waals surface area contributed by atoms with Gasteiger partial charge in [-0.3, -0.25) is 4.79 Å². The molecule has 21 heavy (non-hydrogen) atoms. The van der Waals surface area contributed by atoms with Gasteiger partial charge in [-0.05, 0) is 38.1 Å². The number of halogens is 3. The van der Waals surface area contributed by atoms with Crippen molar-refractivity contribution in [2.45, 2.75) is 32.8 Å². The maximum absolute atomic E-state index is 12.1. The maximum atomic E-state index is 12.1. The third-order valence-corrected chi connectivity index (χ3v) is 3.54. The smallest absolute Gasteiger partial charge is 0.441 e. The molecule has 0 N–H and O–H groups in total. The fourth-order valence-electron chi connectivity index (χ4n) is 1.96. The lowest BCUT2D eigenvalue weighted by molar-refractivity contribution is -0.0328. The van der Waals surface area contributed by atoms with Gasteiger partial charge in [0, 0.05) is 24.1 Å². The molecule has 0 radical (unpaired) electrons. The van der Waals surface area contributed by atoms with E-state index < -0.39 is 17.0 Å². The predicted octanol–water partition coefficient (Wildman–Crippen LogP) is 2.89. The third-order valence-electron chi connectivity index (χ3n) is 2.83. The van der Waals surface area contributed by atoms with Gasteiger partial charge in [-0.15, -0.1) is 0 Å². The number of hydrogen-bond donors (Lipinski definition) is 0. The normalized spacial score (nSPS) is 11.5. The fourth-order valence-corrected chi connectivity index (χ4v) is 2.47. The van der Waals surface area contributed by atoms with Gasteiger partial charge in [0.05, 0.1) is 12.2 Å². The van der Waals surface area contributed by atoms with Gasteiger partial charge in [0.15, 0.2) is 0 Å². The van der Waals surface area contributed by atoms with Crippen molar-refractivity contribution < 1.29 is 22.7 Å². The maximum Gasteiger partial charge on any atom is 0.441 e. The first-order valence-electron chi connectivity index (χ1n) is 6.26. The van der Waals surface area contributed by atoms with Crippen molar-refractivity contribution >= 4 is 17.7 Å². The van der Waals surface area contributed by atoms with E-state index in [0.29, 0.717) is 11.3 Å². The highest BCUT2D eigenvalue weighted by Crippen LogP contribution is 2.30. The minimum Gasteiger partial charge on any atom is -0.462 e. The predicted molar refractivity (Wildman–Crippen MR) is 74.6 cm³/mol. The van der Waals surface area contributed by atoms with E-state index in [1.54, 1.807) is 13.8 Å². The second kappa shape index (κ2) is 7.02. The molecule has 4 nitrogen and oxygen atoms in total. The number of thioether (sulfide) groups is 1. The van der Waals surface area contributed by atoms with E-state index in [1.165, 1.54) is 13.0 Å². The van der Waals surface area contributed by atoms with Crippen LogP contribution in [0.3, 0.4) is 0 Å². The van der Waals surface area contributed by atoms with Crippen LogP contribution < -0.4 is 5.56 Å². The van der Waals surface area contributed by atoms with Gasteiger partial charge >= 0.3 is 11.5 Å². The molecule has 118 valence electrons. The highest BCUT2D eigenvalue weighted by molar-refractivity contribution is 8.00. The number of aryl methyl sites for hydroxylation is 1. The van der Waals surface area contributed by atoms with Crippen molar-refractivity contribution in [2.24, 2.45) is 0 Å². The Morgan fingerprint density at radius 2 is 2.00 bits per heavy atom. The first kappa shape index (κ1) is 17.6. The molecule has 1 rings (SSSR count). The Balaban J connectivity index is 3.07. The molecule has 0 bridgehead atoms. The average molecular weight is 323 g/mol. The molecule has 1 heterocycles. The van der Waals surface area contributed by atoms with E-state index >= 15 is 0 Å². The van der Waals surface area contributed by atoms with Gasteiger partial charge in [-0.2, -0.15) is 13.2 Å². The summed E-state index contributed by atoms with van der Waals surface area (Å²) < 4.78 is 42.5. The number of nitrogens with zero attached hydrogens (tertiary/aromatic N) is 1. The van der Waals surface area contributed by atoms with E-state index in [9.17, 15) is 22.8 Å². The molecule has 0 aliphatic carbocycles. The molecule has 0 atom stereocenters. The minimum absolute atomic E-state index is 0.123. The number of alkyl halides is 3. The number of rotatable bonds is 5. The van der Waals surface area contributed by atoms with Crippen LogP contribution in [0.15, 0.2) is 10.9 Å². The number of ether oxygens (including phenoxy) is 1. The Kier molecular flexibility index (Phi) is 5.88. The van der Waals surface area contributed by atoms with Crippen LogP contribution in [0.2, 0.25) is 0 Å². The van der Waals surface area contributed by atoms with Gasteiger partial charge in [0.25, 0.3) is 5.56 Å². The van der Waals surface area contributed by atoms with Crippen molar-refractivity contribution in [2.75, 3.05) is 12.4 Å². The van der Waals surface area contributed by atoms with Gasteiger partial charge in [-0.25, -0.2) is 4.79 Å². The molecule has 0 aliphatic rings. The summed E-state index contributed by atoms with van der Waals surface area (Å²) in [6.07, 6.45) is 0. The molecule has 0 saturated heterocycles. The molecule has 0 unspecified atom stereocenters. The topological polar surface area (TPSA) is 48.3 Å². The van der Waals surface area contributed by atoms with E-state index in [0.717, 1.165) is 4.57 Å². The van der Waals surface area contributed by atoms with Crippen LogP contribution in [0.5, 0.6) is 0 Å². The van der Waals surface area contributed by atoms with Crippen LogP contribution >= 0.6 is 11.8 Å². The molecule has 0 amide bonds. The van der Waals surface area contributed by atoms with Crippen LogP contribution in [0.25, 0.3) is 0 Å². The Bertz CT molecular complexity index is 581. The summed E-state index contributed by atoms with van der Waals surface area (Å²) in [5.74, 6) is -0.875. The molecule has 1 aromatic heterocycles. The summed E-state index contributed by atoms with van der Waals surface area (Å²) in [5.41, 5.74) is -3.77. The number of carbonyl (C=O) groups excluding carboxylic acids is 1. The highest BCUT2D eigenvalue weighted by atomic mass is 32.2. The van der Waals surface area contributed by atoms with Gasteiger partial charge < -0.3 is 9.30 Å². The molecule has 0 saturated carbocycles. The summed E-state index contributed by atoms with van der Waals surface area (Å²) in [4.78, 5) is 23.7. The second-order valence-corrected chi connectivity index (χ2v) is 5.45. The van der Waals surface area contributed by atoms with Gasteiger partial charge in [0.1, 0.15) is 0 Å². The number of esters is 1. The molecular weight excluding hydrogens is 307 g/mol. The average Bonchev–Trinajstić information content (AvgIpc) is 2.32. The SMILES string of the molecule is CCOC(=O)c1c(C)cc(=O)n(CCSC(F)(F)F)c1C. The first-order chi connectivity index (χ1) is 9.67. The van der Waals surface area contributed by atoms with Crippen LogP contribution in [0.4, 0.5) is 13.2 Å². The Morgan fingerprint density at radius 1 is 1.38 bits per heavy atom. The summed E-state index contributed by atoms with van der Waals surface area (Å²) >= 11 is -0.201. The lowest BCUT2D eigenvalue weighted by Crippen LogP contribution is -2.27. The van der Waals surface area contributed by atoms with Crippen molar-refractivity contribution in [3.8, 4) is 0 Å². The minimum atomic E-state index is -4.34. The number of aromatic nitrogens is 1. The fraction of sp³-hybridized carbons (Fsp3) is 0.538. The van der Waals surface area contributed by atoms with Gasteiger partial charge in [-0.1, -0.05) is 0 Å². The standard InChI is InChI=1S/C13H16F3NO3S/c1-4-20-12(19)11-8(2)7-10(18)17(9(11)3)5-6-21-13(14,15)16/h7H,4-6H2,1-3H3. The largest absolute Gasteiger partial charge is 0.462 e. The molecule has 1 aromatic rings. The van der Waals surface area contributed by atoms with Crippen molar-refractivity contribution in [3.63, 3.8) is 0 Å². The lowest BCUT2D eigenvalue weighted by Gasteiger charge is -2.15. The second-order valence-electron chi connectivity index (χ2n) is 4.29. The monoisotopic (exact) mass is 323 g/mol. The molecule has 0 aromatic carbocycles. The van der Waals surface area contributed by atoms with Crippen molar-refractivity contribution in [1.29, 1.82) is 0 Å². The zero-order valence-electron chi connectivity index (χ0n) is 11.9. The van der Waals surface area contributed by atoms with E-state index in [-0.39, 0.29) is 36.2 Å². The Labute approximate surface area is 124 Å². The van der Waals surface area contributed by atoms with E-state index in [4.69, 9.17) is 4.74 Å². The van der Waals surface area contributed by atoms with Crippen LogP contribution in [0, 0.1) is 13.8 Å². The van der Waals surface area contributed by atoms with Gasteiger partial charge in [0.2, 0.25) is 0 Å². The summed E-state index contributed by atoms with van der Waals surface area (Å²) in [7, 11) is 0. The molecule has 0 fully saturated rings. The zero-order chi connectivity index (χ0) is 16.2. The number of hydrogen-bond acceptors (Lipinski definition) is 4. The number of pyridine rings is 1. The summed E-state index contributed by atoms with van der Waals surface area (Å²) in [6.45, 7) is 4.83. The Morgan fingerprint density at radius 3 is 2.52 bits per heavy atom. The van der Waals surface area contributed by atoms with Crippen molar-refractivity contribution in [3.05, 3.63) is 33.2 Å². The van der Waals surface area contributed by atoms with Crippen LogP contribution in [0.1, 0.15) is 28.5 Å². The first-order valence-corrected chi connectivity index (χ1v) is 7.24. The summed E-state index contributed by atoms with van der Waals surface area (Å²) in [6, 6.07) is 1.23. The summed E-state index contributed by atoms with van der Waals surface area (Å²) in [5, 5.41) is 0. The van der Waals surface area contributed by atoms with E-state index in [1.807, 2.05) is 0 Å². The molecule has 0 spiro atoms. The molecule has 8 heteroatoms. The number of carbonyl (C=O) groups is 1. The quantitative estimate of drug-likeness (QED) is 0.782. The molecule has 0 aliphatic heterocycles. The molecular formula is C13H16F3NO3S.